The highest BCUT2D eigenvalue weighted by Gasteiger charge is 2.21. The minimum Gasteiger partial charge on any atom is -0.0601 e. The highest BCUT2D eigenvalue weighted by atomic mass is 14.3. The first-order chi connectivity index (χ1) is 9.35. The zero-order chi connectivity index (χ0) is 14.8. The van der Waals surface area contributed by atoms with E-state index in [1.165, 1.54) is 28.7 Å². The average Bonchev–Trinajstić information content (AvgIpc) is 2.37. The number of hydrogen-bond donors (Lipinski definition) is 0. The molecule has 0 aliphatic rings. The fourth-order valence-corrected chi connectivity index (χ4v) is 2.64. The Hall–Kier alpha value is -1.56. The van der Waals surface area contributed by atoms with Crippen LogP contribution in [0.25, 0.3) is 0 Å². The Bertz CT molecular complexity index is 493. The molecule has 0 aliphatic carbocycles. The quantitative estimate of drug-likeness (QED) is 0.651. The van der Waals surface area contributed by atoms with Crippen LogP contribution in [-0.4, -0.2) is 0 Å². The zero-order valence-corrected chi connectivity index (χ0v) is 13.4. The number of benzene rings is 2. The molecular weight excluding hydrogens is 240 g/mol. The van der Waals surface area contributed by atoms with Crippen LogP contribution in [0.15, 0.2) is 48.5 Å². The van der Waals surface area contributed by atoms with Gasteiger partial charge in [-0.15, -0.1) is 0 Å². The molecule has 0 N–H and O–H groups in total. The Balaban J connectivity index is 2.38. The maximum atomic E-state index is 2.32. The van der Waals surface area contributed by atoms with Crippen LogP contribution in [0, 0.1) is 19.3 Å². The zero-order valence-electron chi connectivity index (χ0n) is 13.4. The van der Waals surface area contributed by atoms with Crippen LogP contribution < -0.4 is 0 Å². The third-order valence-corrected chi connectivity index (χ3v) is 3.78. The molecule has 2 aromatic carbocycles. The highest BCUT2D eigenvalue weighted by molar-refractivity contribution is 5.35. The topological polar surface area (TPSA) is 0 Å². The van der Waals surface area contributed by atoms with E-state index in [0.29, 0.717) is 11.3 Å². The lowest BCUT2D eigenvalue weighted by molar-refractivity contribution is 0.357. The van der Waals surface area contributed by atoms with Crippen molar-refractivity contribution < 1.29 is 0 Å². The second kappa shape index (κ2) is 5.83. The van der Waals surface area contributed by atoms with Crippen molar-refractivity contribution in [3.63, 3.8) is 0 Å². The van der Waals surface area contributed by atoms with Gasteiger partial charge in [0.1, 0.15) is 0 Å². The van der Waals surface area contributed by atoms with E-state index < -0.39 is 0 Å². The minimum absolute atomic E-state index is 0.320. The van der Waals surface area contributed by atoms with Gasteiger partial charge in [-0.1, -0.05) is 80.4 Å². The molecule has 0 spiro atoms. The standard InChI is InChI=1S/C20H26/c1-15-6-10-17(11-7-15)19(14-20(3,4)5)18-12-8-16(2)9-13-18/h6-13,19H,14H2,1-5H3. The lowest BCUT2D eigenvalue weighted by Gasteiger charge is -2.27. The molecular formula is C20H26. The van der Waals surface area contributed by atoms with Crippen molar-refractivity contribution in [2.24, 2.45) is 5.41 Å². The predicted octanol–water partition coefficient (Wildman–Crippen LogP) is 5.87. The first-order valence-electron chi connectivity index (χ1n) is 7.48. The molecule has 0 heteroatoms. The molecule has 0 aromatic heterocycles. The molecule has 0 saturated carbocycles. The summed E-state index contributed by atoms with van der Waals surface area (Å²) >= 11 is 0. The van der Waals surface area contributed by atoms with Crippen LogP contribution in [-0.2, 0) is 0 Å². The van der Waals surface area contributed by atoms with Gasteiger partial charge >= 0.3 is 0 Å². The third-order valence-electron chi connectivity index (χ3n) is 3.78. The van der Waals surface area contributed by atoms with Crippen molar-refractivity contribution in [2.45, 2.75) is 47.0 Å². The summed E-state index contributed by atoms with van der Waals surface area (Å²) in [5.41, 5.74) is 5.82. The maximum Gasteiger partial charge on any atom is 0.00943 e. The van der Waals surface area contributed by atoms with Crippen LogP contribution in [0.5, 0.6) is 0 Å². The number of rotatable bonds is 3. The Morgan fingerprint density at radius 3 is 1.35 bits per heavy atom. The van der Waals surface area contributed by atoms with Gasteiger partial charge in [0.05, 0.1) is 0 Å². The van der Waals surface area contributed by atoms with Gasteiger partial charge in [0, 0.05) is 5.92 Å². The SMILES string of the molecule is Cc1ccc(C(CC(C)(C)C)c2ccc(C)cc2)cc1. The van der Waals surface area contributed by atoms with Crippen molar-refractivity contribution in [1.82, 2.24) is 0 Å². The summed E-state index contributed by atoms with van der Waals surface area (Å²) in [4.78, 5) is 0. The fraction of sp³-hybridized carbons (Fsp3) is 0.400. The third kappa shape index (κ3) is 3.96. The lowest BCUT2D eigenvalue weighted by Crippen LogP contribution is -2.13. The molecule has 2 rings (SSSR count). The molecule has 0 heterocycles. The summed E-state index contributed by atoms with van der Waals surface area (Å²) in [6.45, 7) is 11.3. The monoisotopic (exact) mass is 266 g/mol. The van der Waals surface area contributed by atoms with Crippen LogP contribution in [0.3, 0.4) is 0 Å². The predicted molar refractivity (Wildman–Crippen MR) is 88.3 cm³/mol. The second-order valence-corrected chi connectivity index (χ2v) is 7.14. The van der Waals surface area contributed by atoms with Crippen molar-refractivity contribution in [3.05, 3.63) is 70.8 Å². The van der Waals surface area contributed by atoms with E-state index in [0.717, 1.165) is 0 Å². The first-order valence-corrected chi connectivity index (χ1v) is 7.48. The summed E-state index contributed by atoms with van der Waals surface area (Å²) in [7, 11) is 0. The molecule has 0 nitrogen and oxygen atoms in total. The summed E-state index contributed by atoms with van der Waals surface area (Å²) in [5, 5.41) is 0. The summed E-state index contributed by atoms with van der Waals surface area (Å²) in [6, 6.07) is 18.0. The molecule has 0 unspecified atom stereocenters. The average molecular weight is 266 g/mol. The smallest absolute Gasteiger partial charge is 0.00943 e. The van der Waals surface area contributed by atoms with Gasteiger partial charge in [0.2, 0.25) is 0 Å². The number of aryl methyl sites for hydroxylation is 2. The van der Waals surface area contributed by atoms with E-state index >= 15 is 0 Å². The Kier molecular flexibility index (Phi) is 4.32. The van der Waals surface area contributed by atoms with E-state index in [2.05, 4.69) is 83.1 Å². The summed E-state index contributed by atoms with van der Waals surface area (Å²) in [5.74, 6) is 0.483. The van der Waals surface area contributed by atoms with E-state index in [4.69, 9.17) is 0 Å². The molecule has 0 radical (unpaired) electrons. The van der Waals surface area contributed by atoms with Gasteiger partial charge < -0.3 is 0 Å². The van der Waals surface area contributed by atoms with E-state index in [1.54, 1.807) is 0 Å². The minimum atomic E-state index is 0.320. The molecule has 20 heavy (non-hydrogen) atoms. The van der Waals surface area contributed by atoms with Crippen molar-refractivity contribution in [3.8, 4) is 0 Å². The summed E-state index contributed by atoms with van der Waals surface area (Å²) < 4.78 is 0. The van der Waals surface area contributed by atoms with Gasteiger partial charge in [0.25, 0.3) is 0 Å². The fourth-order valence-electron chi connectivity index (χ4n) is 2.64. The first kappa shape index (κ1) is 14.8. The van der Waals surface area contributed by atoms with Gasteiger partial charge in [-0.05, 0) is 36.8 Å². The van der Waals surface area contributed by atoms with Crippen LogP contribution in [0.4, 0.5) is 0 Å². The van der Waals surface area contributed by atoms with Crippen molar-refractivity contribution >= 4 is 0 Å². The molecule has 0 saturated heterocycles. The van der Waals surface area contributed by atoms with E-state index in [-0.39, 0.29) is 0 Å². The van der Waals surface area contributed by atoms with Gasteiger partial charge in [-0.25, -0.2) is 0 Å². The maximum absolute atomic E-state index is 2.32. The molecule has 0 bridgehead atoms. The van der Waals surface area contributed by atoms with Crippen molar-refractivity contribution in [2.75, 3.05) is 0 Å². The Labute approximate surface area is 123 Å². The Morgan fingerprint density at radius 2 is 1.05 bits per heavy atom. The number of hydrogen-bond acceptors (Lipinski definition) is 0. The van der Waals surface area contributed by atoms with Crippen LogP contribution in [0.1, 0.15) is 55.4 Å². The molecule has 0 atom stereocenters. The second-order valence-electron chi connectivity index (χ2n) is 7.14. The van der Waals surface area contributed by atoms with Gasteiger partial charge in [0.15, 0.2) is 0 Å². The molecule has 0 amide bonds. The van der Waals surface area contributed by atoms with E-state index in [9.17, 15) is 0 Å². The van der Waals surface area contributed by atoms with E-state index in [1.807, 2.05) is 0 Å². The highest BCUT2D eigenvalue weighted by Crippen LogP contribution is 2.36. The molecule has 0 fully saturated rings. The largest absolute Gasteiger partial charge is 0.0601 e. The summed E-state index contributed by atoms with van der Waals surface area (Å²) in [6.07, 6.45) is 1.17. The molecule has 106 valence electrons. The van der Waals surface area contributed by atoms with Crippen LogP contribution >= 0.6 is 0 Å². The van der Waals surface area contributed by atoms with Crippen molar-refractivity contribution in [1.29, 1.82) is 0 Å². The van der Waals surface area contributed by atoms with Crippen LogP contribution in [0.2, 0.25) is 0 Å². The molecule has 2 aromatic rings. The Morgan fingerprint density at radius 1 is 0.700 bits per heavy atom. The normalized spacial score (nSPS) is 11.9. The molecule has 0 aliphatic heterocycles. The van der Waals surface area contributed by atoms with Gasteiger partial charge in [-0.2, -0.15) is 0 Å². The lowest BCUT2D eigenvalue weighted by atomic mass is 9.78. The van der Waals surface area contributed by atoms with Gasteiger partial charge in [-0.3, -0.25) is 0 Å².